The highest BCUT2D eigenvalue weighted by molar-refractivity contribution is 7.15. The topological polar surface area (TPSA) is 28.2 Å². The van der Waals surface area contributed by atoms with Gasteiger partial charge in [0.1, 0.15) is 0 Å². The Bertz CT molecular complexity index is 389. The van der Waals surface area contributed by atoms with Gasteiger partial charge >= 0.3 is 0 Å². The van der Waals surface area contributed by atoms with Crippen molar-refractivity contribution < 1.29 is 0 Å². The molecule has 0 saturated carbocycles. The molecule has 0 aromatic carbocycles. The smallest absolute Gasteiger partial charge is 0.183 e. The van der Waals surface area contributed by atoms with Gasteiger partial charge in [-0.3, -0.25) is 4.90 Å². The van der Waals surface area contributed by atoms with Crippen LogP contribution in [0.4, 0.5) is 0 Å². The van der Waals surface area contributed by atoms with Gasteiger partial charge in [0.2, 0.25) is 0 Å². The third-order valence-corrected chi connectivity index (χ3v) is 5.21. The number of piperidine rings is 1. The third kappa shape index (κ3) is 2.87. The van der Waals surface area contributed by atoms with Crippen molar-refractivity contribution in [2.24, 2.45) is 0 Å². The summed E-state index contributed by atoms with van der Waals surface area (Å²) >= 11 is 7.54. The van der Waals surface area contributed by atoms with E-state index in [4.69, 9.17) is 11.6 Å². The van der Waals surface area contributed by atoms with Crippen LogP contribution in [-0.2, 0) is 6.54 Å². The molecule has 2 aliphatic rings. The fourth-order valence-electron chi connectivity index (χ4n) is 3.27. The van der Waals surface area contributed by atoms with Crippen LogP contribution >= 0.6 is 22.9 Å². The van der Waals surface area contributed by atoms with Crippen LogP contribution in [0.25, 0.3) is 0 Å². The fraction of sp³-hybridized carbons (Fsp3) is 0.769. The molecule has 2 saturated heterocycles. The normalized spacial score (nSPS) is 29.8. The van der Waals surface area contributed by atoms with Crippen molar-refractivity contribution in [3.63, 3.8) is 0 Å². The molecule has 0 aliphatic carbocycles. The number of nitrogens with one attached hydrogen (secondary N) is 1. The Morgan fingerprint density at radius 3 is 3.06 bits per heavy atom. The molecule has 18 heavy (non-hydrogen) atoms. The van der Waals surface area contributed by atoms with Crippen molar-refractivity contribution in [1.29, 1.82) is 0 Å². The number of halogens is 1. The first-order valence-electron chi connectivity index (χ1n) is 6.90. The molecular weight excluding hydrogens is 266 g/mol. The van der Waals surface area contributed by atoms with Crippen LogP contribution in [0.3, 0.4) is 0 Å². The fourth-order valence-corrected chi connectivity index (χ4v) is 4.27. The van der Waals surface area contributed by atoms with Gasteiger partial charge in [0.25, 0.3) is 0 Å². The van der Waals surface area contributed by atoms with E-state index in [-0.39, 0.29) is 0 Å². The maximum Gasteiger partial charge on any atom is 0.183 e. The van der Waals surface area contributed by atoms with Gasteiger partial charge in [0.15, 0.2) is 4.47 Å². The predicted molar refractivity (Wildman–Crippen MR) is 76.2 cm³/mol. The minimum atomic E-state index is 0.664. The van der Waals surface area contributed by atoms with E-state index in [2.05, 4.69) is 15.2 Å². The van der Waals surface area contributed by atoms with E-state index in [9.17, 15) is 0 Å². The Morgan fingerprint density at radius 1 is 1.39 bits per heavy atom. The summed E-state index contributed by atoms with van der Waals surface area (Å²) in [7, 11) is 0. The molecule has 3 rings (SSSR count). The van der Waals surface area contributed by atoms with Gasteiger partial charge in [-0.25, -0.2) is 4.98 Å². The molecule has 0 spiro atoms. The van der Waals surface area contributed by atoms with Gasteiger partial charge in [0, 0.05) is 29.7 Å². The quantitative estimate of drug-likeness (QED) is 0.926. The maximum atomic E-state index is 5.92. The van der Waals surface area contributed by atoms with E-state index in [0.717, 1.165) is 6.54 Å². The molecule has 1 N–H and O–H groups in total. The van der Waals surface area contributed by atoms with Crippen LogP contribution in [0, 0.1) is 0 Å². The molecule has 1 aromatic rings. The maximum absolute atomic E-state index is 5.92. The van der Waals surface area contributed by atoms with Crippen LogP contribution < -0.4 is 5.32 Å². The first-order chi connectivity index (χ1) is 8.83. The van der Waals surface area contributed by atoms with Crippen LogP contribution in [0.15, 0.2) is 6.20 Å². The number of hydrogen-bond donors (Lipinski definition) is 1. The van der Waals surface area contributed by atoms with E-state index in [0.29, 0.717) is 16.6 Å². The highest BCUT2D eigenvalue weighted by atomic mass is 35.5. The summed E-state index contributed by atoms with van der Waals surface area (Å²) in [5, 5.41) is 3.67. The highest BCUT2D eigenvalue weighted by Crippen LogP contribution is 2.27. The molecular formula is C13H20ClN3S. The Labute approximate surface area is 118 Å². The second-order valence-corrected chi connectivity index (χ2v) is 7.01. The second kappa shape index (κ2) is 5.87. The molecule has 2 aliphatic heterocycles. The zero-order valence-electron chi connectivity index (χ0n) is 10.6. The SMILES string of the molecule is Clc1ncc(CN2CCCCC2C2CCCN2)s1. The van der Waals surface area contributed by atoms with Crippen molar-refractivity contribution >= 4 is 22.9 Å². The summed E-state index contributed by atoms with van der Waals surface area (Å²) in [6, 6.07) is 1.41. The van der Waals surface area contributed by atoms with Gasteiger partial charge < -0.3 is 5.32 Å². The second-order valence-electron chi connectivity index (χ2n) is 5.32. The Balaban J connectivity index is 1.67. The van der Waals surface area contributed by atoms with E-state index in [1.807, 2.05) is 6.20 Å². The number of rotatable bonds is 3. The third-order valence-electron chi connectivity index (χ3n) is 4.11. The lowest BCUT2D eigenvalue weighted by Gasteiger charge is -2.39. The molecule has 100 valence electrons. The number of hydrogen-bond acceptors (Lipinski definition) is 4. The lowest BCUT2D eigenvalue weighted by atomic mass is 9.94. The Morgan fingerprint density at radius 2 is 2.33 bits per heavy atom. The van der Waals surface area contributed by atoms with Crippen LogP contribution in [0.5, 0.6) is 0 Å². The average molecular weight is 286 g/mol. The predicted octanol–water partition coefficient (Wildman–Crippen LogP) is 2.90. The molecule has 0 radical (unpaired) electrons. The zero-order valence-corrected chi connectivity index (χ0v) is 12.1. The van der Waals surface area contributed by atoms with Crippen molar-refractivity contribution in [1.82, 2.24) is 15.2 Å². The molecule has 3 heterocycles. The van der Waals surface area contributed by atoms with Gasteiger partial charge in [-0.2, -0.15) is 0 Å². The molecule has 3 nitrogen and oxygen atoms in total. The molecule has 2 fully saturated rings. The van der Waals surface area contributed by atoms with E-state index in [1.165, 1.54) is 50.1 Å². The molecule has 0 bridgehead atoms. The average Bonchev–Trinajstić information content (AvgIpc) is 3.02. The van der Waals surface area contributed by atoms with Crippen LogP contribution in [0.1, 0.15) is 37.0 Å². The first kappa shape index (κ1) is 12.9. The zero-order chi connectivity index (χ0) is 12.4. The van der Waals surface area contributed by atoms with Gasteiger partial charge in [-0.15, -0.1) is 11.3 Å². The highest BCUT2D eigenvalue weighted by Gasteiger charge is 2.31. The summed E-state index contributed by atoms with van der Waals surface area (Å²) in [6.45, 7) is 3.44. The molecule has 2 atom stereocenters. The number of thiazole rings is 1. The summed E-state index contributed by atoms with van der Waals surface area (Å²) in [5.41, 5.74) is 0. The Kier molecular flexibility index (Phi) is 4.19. The Hall–Kier alpha value is -0.160. The first-order valence-corrected chi connectivity index (χ1v) is 8.10. The number of likely N-dealkylation sites (tertiary alicyclic amines) is 1. The minimum absolute atomic E-state index is 0.664. The van der Waals surface area contributed by atoms with E-state index < -0.39 is 0 Å². The summed E-state index contributed by atoms with van der Waals surface area (Å²) in [6.07, 6.45) is 8.65. The summed E-state index contributed by atoms with van der Waals surface area (Å²) in [5.74, 6) is 0. The number of nitrogens with zero attached hydrogens (tertiary/aromatic N) is 2. The van der Waals surface area contributed by atoms with Crippen molar-refractivity contribution in [3.8, 4) is 0 Å². The molecule has 0 amide bonds. The van der Waals surface area contributed by atoms with Gasteiger partial charge in [-0.1, -0.05) is 18.0 Å². The van der Waals surface area contributed by atoms with Gasteiger partial charge in [-0.05, 0) is 38.8 Å². The monoisotopic (exact) mass is 285 g/mol. The molecule has 5 heteroatoms. The van der Waals surface area contributed by atoms with Crippen molar-refractivity contribution in [2.75, 3.05) is 13.1 Å². The lowest BCUT2D eigenvalue weighted by molar-refractivity contribution is 0.113. The molecule has 1 aromatic heterocycles. The van der Waals surface area contributed by atoms with E-state index in [1.54, 1.807) is 11.3 Å². The van der Waals surface area contributed by atoms with Crippen LogP contribution in [-0.4, -0.2) is 35.1 Å². The summed E-state index contributed by atoms with van der Waals surface area (Å²) in [4.78, 5) is 8.08. The summed E-state index contributed by atoms with van der Waals surface area (Å²) < 4.78 is 0.664. The largest absolute Gasteiger partial charge is 0.312 e. The van der Waals surface area contributed by atoms with Crippen LogP contribution in [0.2, 0.25) is 4.47 Å². The van der Waals surface area contributed by atoms with Crippen molar-refractivity contribution in [2.45, 2.75) is 50.7 Å². The van der Waals surface area contributed by atoms with E-state index >= 15 is 0 Å². The minimum Gasteiger partial charge on any atom is -0.312 e. The van der Waals surface area contributed by atoms with Gasteiger partial charge in [0.05, 0.1) is 0 Å². The lowest BCUT2D eigenvalue weighted by Crippen LogP contribution is -2.49. The standard InChI is InChI=1S/C13H20ClN3S/c14-13-16-8-10(18-13)9-17-7-2-1-5-12(17)11-4-3-6-15-11/h8,11-12,15H,1-7,9H2. The van der Waals surface area contributed by atoms with Crippen molar-refractivity contribution in [3.05, 3.63) is 15.5 Å². The number of aromatic nitrogens is 1. The molecule has 2 unspecified atom stereocenters.